The van der Waals surface area contributed by atoms with Gasteiger partial charge < -0.3 is 14.8 Å². The number of rotatable bonds is 3. The lowest BCUT2D eigenvalue weighted by Gasteiger charge is -2.13. The molecule has 0 spiro atoms. The molecule has 1 heterocycles. The Hall–Kier alpha value is -1.82. The first-order chi connectivity index (χ1) is 10.3. The molecule has 0 saturated heterocycles. The predicted octanol–water partition coefficient (Wildman–Crippen LogP) is 2.70. The maximum absolute atomic E-state index is 5.35. The molecule has 0 bridgehead atoms. The third-order valence-electron chi connectivity index (χ3n) is 3.64. The van der Waals surface area contributed by atoms with Crippen LogP contribution in [0, 0.1) is 0 Å². The fourth-order valence-electron chi connectivity index (χ4n) is 2.47. The lowest BCUT2D eigenvalue weighted by molar-refractivity contribution is 0.174. The monoisotopic (exact) mass is 305 g/mol. The van der Waals surface area contributed by atoms with Crippen molar-refractivity contribution in [1.82, 2.24) is 10.7 Å². The number of benzene rings is 1. The van der Waals surface area contributed by atoms with Crippen LogP contribution in [0.1, 0.15) is 37.7 Å². The molecule has 112 valence electrons. The Balaban J connectivity index is 1.47. The number of fused-ring (bicyclic) bond motifs is 1. The summed E-state index contributed by atoms with van der Waals surface area (Å²) >= 11 is 5.24. The Labute approximate surface area is 129 Å². The smallest absolute Gasteiger partial charge is 0.231 e. The molecular weight excluding hydrogens is 286 g/mol. The molecule has 2 N–H and O–H groups in total. The van der Waals surface area contributed by atoms with Crippen molar-refractivity contribution in [2.45, 2.75) is 38.6 Å². The predicted molar refractivity (Wildman–Crippen MR) is 85.7 cm³/mol. The van der Waals surface area contributed by atoms with Crippen molar-refractivity contribution < 1.29 is 9.47 Å². The third kappa shape index (κ3) is 3.85. The van der Waals surface area contributed by atoms with Crippen LogP contribution in [-0.4, -0.2) is 17.6 Å². The number of ether oxygens (including phenoxy) is 2. The first kappa shape index (κ1) is 14.1. The van der Waals surface area contributed by atoms with E-state index in [1.54, 1.807) is 0 Å². The second-order valence-electron chi connectivity index (χ2n) is 5.22. The lowest BCUT2D eigenvalue weighted by atomic mass is 9.99. The van der Waals surface area contributed by atoms with Gasteiger partial charge in [0.15, 0.2) is 16.6 Å². The summed E-state index contributed by atoms with van der Waals surface area (Å²) in [5, 5.41) is 8.07. The van der Waals surface area contributed by atoms with E-state index in [0.29, 0.717) is 18.5 Å². The van der Waals surface area contributed by atoms with Crippen LogP contribution in [0.4, 0.5) is 0 Å². The van der Waals surface area contributed by atoms with Gasteiger partial charge >= 0.3 is 0 Å². The highest BCUT2D eigenvalue weighted by molar-refractivity contribution is 7.80. The van der Waals surface area contributed by atoms with Crippen LogP contribution in [0.3, 0.4) is 0 Å². The van der Waals surface area contributed by atoms with Crippen molar-refractivity contribution in [2.75, 3.05) is 6.79 Å². The number of hydrogen-bond donors (Lipinski definition) is 2. The van der Waals surface area contributed by atoms with Crippen molar-refractivity contribution in [2.24, 2.45) is 5.10 Å². The Bertz CT molecular complexity index is 552. The van der Waals surface area contributed by atoms with Crippen LogP contribution >= 0.6 is 12.2 Å². The largest absolute Gasteiger partial charge is 0.454 e. The average molecular weight is 305 g/mol. The molecule has 3 rings (SSSR count). The van der Waals surface area contributed by atoms with Crippen LogP contribution in [-0.2, 0) is 6.54 Å². The summed E-state index contributed by atoms with van der Waals surface area (Å²) in [5.41, 5.74) is 5.23. The van der Waals surface area contributed by atoms with E-state index in [9.17, 15) is 0 Å². The number of hydrazone groups is 1. The van der Waals surface area contributed by atoms with Crippen molar-refractivity contribution in [3.8, 4) is 11.5 Å². The molecule has 1 aliphatic heterocycles. The Morgan fingerprint density at radius 2 is 1.95 bits per heavy atom. The standard InChI is InChI=1S/C15H19N3O2S/c21-15(18-17-12-4-2-1-3-5-12)16-9-11-6-7-13-14(8-11)20-10-19-13/h6-8H,1-5,9-10H2,(H2,16,18,21). The second kappa shape index (κ2) is 6.76. The van der Waals surface area contributed by atoms with Crippen molar-refractivity contribution >= 4 is 23.0 Å². The Kier molecular flexibility index (Phi) is 4.55. The minimum atomic E-state index is 0.295. The van der Waals surface area contributed by atoms with Gasteiger partial charge in [-0.25, -0.2) is 0 Å². The summed E-state index contributed by atoms with van der Waals surface area (Å²) in [5.74, 6) is 1.58. The molecule has 6 heteroatoms. The van der Waals surface area contributed by atoms with Gasteiger partial charge in [0, 0.05) is 12.3 Å². The molecule has 1 aliphatic carbocycles. The highest BCUT2D eigenvalue weighted by Gasteiger charge is 2.13. The molecule has 1 aromatic carbocycles. The summed E-state index contributed by atoms with van der Waals surface area (Å²) in [6.07, 6.45) is 5.94. The van der Waals surface area contributed by atoms with E-state index in [0.717, 1.165) is 29.9 Å². The fraction of sp³-hybridized carbons (Fsp3) is 0.467. The summed E-state index contributed by atoms with van der Waals surface area (Å²) in [6.45, 7) is 0.928. The van der Waals surface area contributed by atoms with Crippen molar-refractivity contribution in [1.29, 1.82) is 0 Å². The van der Waals surface area contributed by atoms with E-state index < -0.39 is 0 Å². The number of hydrogen-bond acceptors (Lipinski definition) is 4. The zero-order valence-corrected chi connectivity index (χ0v) is 12.7. The first-order valence-electron chi connectivity index (χ1n) is 7.29. The molecule has 1 aromatic rings. The van der Waals surface area contributed by atoms with E-state index in [-0.39, 0.29) is 0 Å². The van der Waals surface area contributed by atoms with Gasteiger partial charge in [-0.3, -0.25) is 5.43 Å². The Morgan fingerprint density at radius 1 is 1.14 bits per heavy atom. The van der Waals surface area contributed by atoms with Crippen molar-refractivity contribution in [3.05, 3.63) is 23.8 Å². The van der Waals surface area contributed by atoms with E-state index in [1.165, 1.54) is 25.0 Å². The normalized spacial score (nSPS) is 16.5. The summed E-state index contributed by atoms with van der Waals surface area (Å²) in [4.78, 5) is 0. The SMILES string of the molecule is S=C(NCc1ccc2c(c1)OCO2)NN=C1CCCCC1. The highest BCUT2D eigenvalue weighted by Crippen LogP contribution is 2.32. The number of nitrogens with one attached hydrogen (secondary N) is 2. The zero-order valence-electron chi connectivity index (χ0n) is 11.9. The molecule has 2 aliphatic rings. The van der Waals surface area contributed by atoms with Gasteiger partial charge in [0.25, 0.3) is 0 Å². The van der Waals surface area contributed by atoms with Crippen LogP contribution in [0.2, 0.25) is 0 Å². The van der Waals surface area contributed by atoms with E-state index >= 15 is 0 Å². The molecule has 0 amide bonds. The zero-order chi connectivity index (χ0) is 14.5. The maximum atomic E-state index is 5.35. The minimum Gasteiger partial charge on any atom is -0.454 e. The molecule has 21 heavy (non-hydrogen) atoms. The minimum absolute atomic E-state index is 0.295. The van der Waals surface area contributed by atoms with Gasteiger partial charge in [0.1, 0.15) is 0 Å². The first-order valence-corrected chi connectivity index (χ1v) is 7.70. The molecule has 0 atom stereocenters. The molecule has 1 saturated carbocycles. The summed E-state index contributed by atoms with van der Waals surface area (Å²) < 4.78 is 10.6. The molecular formula is C15H19N3O2S. The average Bonchev–Trinajstić information content (AvgIpc) is 2.99. The Morgan fingerprint density at radius 3 is 2.81 bits per heavy atom. The van der Waals surface area contributed by atoms with Crippen LogP contribution in [0.25, 0.3) is 0 Å². The molecule has 5 nitrogen and oxygen atoms in total. The van der Waals surface area contributed by atoms with Gasteiger partial charge in [0.05, 0.1) is 0 Å². The molecule has 0 unspecified atom stereocenters. The van der Waals surface area contributed by atoms with E-state index in [1.807, 2.05) is 18.2 Å². The topological polar surface area (TPSA) is 54.9 Å². The fourth-order valence-corrected chi connectivity index (χ4v) is 2.59. The van der Waals surface area contributed by atoms with Gasteiger partial charge in [-0.15, -0.1) is 0 Å². The number of nitrogens with zero attached hydrogens (tertiary/aromatic N) is 1. The quantitative estimate of drug-likeness (QED) is 0.664. The highest BCUT2D eigenvalue weighted by atomic mass is 32.1. The van der Waals surface area contributed by atoms with E-state index in [4.69, 9.17) is 21.7 Å². The maximum Gasteiger partial charge on any atom is 0.231 e. The third-order valence-corrected chi connectivity index (χ3v) is 3.87. The van der Waals surface area contributed by atoms with Gasteiger partial charge in [-0.05, 0) is 55.6 Å². The summed E-state index contributed by atoms with van der Waals surface area (Å²) in [6, 6.07) is 5.87. The summed E-state index contributed by atoms with van der Waals surface area (Å²) in [7, 11) is 0. The molecule has 0 aromatic heterocycles. The van der Waals surface area contributed by atoms with Crippen LogP contribution in [0.5, 0.6) is 11.5 Å². The van der Waals surface area contributed by atoms with Gasteiger partial charge in [-0.2, -0.15) is 5.10 Å². The number of thiocarbonyl (C=S) groups is 1. The van der Waals surface area contributed by atoms with Crippen LogP contribution < -0.4 is 20.2 Å². The molecule has 0 radical (unpaired) electrons. The lowest BCUT2D eigenvalue weighted by Crippen LogP contribution is -2.32. The molecule has 1 fully saturated rings. The second-order valence-corrected chi connectivity index (χ2v) is 5.63. The van der Waals surface area contributed by atoms with E-state index in [2.05, 4.69) is 15.8 Å². The van der Waals surface area contributed by atoms with Crippen molar-refractivity contribution in [3.63, 3.8) is 0 Å². The van der Waals surface area contributed by atoms with Gasteiger partial charge in [-0.1, -0.05) is 12.5 Å². The van der Waals surface area contributed by atoms with Crippen LogP contribution in [0.15, 0.2) is 23.3 Å². The van der Waals surface area contributed by atoms with Gasteiger partial charge in [0.2, 0.25) is 6.79 Å².